The molecule has 8 nitrogen and oxygen atoms in total. The van der Waals surface area contributed by atoms with E-state index in [0.717, 1.165) is 21.1 Å². The Bertz CT molecular complexity index is 820. The van der Waals surface area contributed by atoms with Crippen LogP contribution in [0, 0.1) is 0 Å². The molecule has 4 amide bonds. The maximum atomic E-state index is 12.4. The number of carbonyl (C=O) groups excluding carboxylic acids is 2. The van der Waals surface area contributed by atoms with Crippen molar-refractivity contribution in [3.63, 3.8) is 0 Å². The second-order valence-corrected chi connectivity index (χ2v) is 6.21. The predicted octanol–water partition coefficient (Wildman–Crippen LogP) is 3.09. The van der Waals surface area contributed by atoms with Crippen LogP contribution < -0.4 is 10.6 Å². The smallest absolute Gasteiger partial charge is 0.332 e. The first-order valence-corrected chi connectivity index (χ1v) is 8.89. The lowest BCUT2D eigenvalue weighted by atomic mass is 10.2. The Balaban J connectivity index is 1.59. The van der Waals surface area contributed by atoms with Crippen LogP contribution in [0.15, 0.2) is 70.9 Å². The molecule has 0 saturated heterocycles. The number of urea groups is 2. The molecule has 1 heterocycles. The predicted molar refractivity (Wildman–Crippen MR) is 107 cm³/mol. The van der Waals surface area contributed by atoms with Gasteiger partial charge in [0.05, 0.1) is 0 Å². The van der Waals surface area contributed by atoms with Gasteiger partial charge >= 0.3 is 12.1 Å². The number of hydrogen-bond donors (Lipinski definition) is 2. The van der Waals surface area contributed by atoms with Crippen molar-refractivity contribution < 1.29 is 9.59 Å². The summed E-state index contributed by atoms with van der Waals surface area (Å²) < 4.78 is 0. The molecule has 1 aliphatic rings. The molecule has 0 fully saturated rings. The molecule has 2 aromatic carbocycles. The second-order valence-electron chi connectivity index (χ2n) is 6.21. The monoisotopic (exact) mass is 378 g/mol. The van der Waals surface area contributed by atoms with Crippen molar-refractivity contribution in [1.29, 1.82) is 0 Å². The number of hydrogen-bond acceptors (Lipinski definition) is 4. The fourth-order valence-electron chi connectivity index (χ4n) is 2.60. The summed E-state index contributed by atoms with van der Waals surface area (Å²) in [7, 11) is 0. The van der Waals surface area contributed by atoms with Gasteiger partial charge in [-0.25, -0.2) is 9.59 Å². The summed E-state index contributed by atoms with van der Waals surface area (Å²) in [5.41, 5.74) is 1.95. The summed E-state index contributed by atoms with van der Waals surface area (Å²) in [6.07, 6.45) is 0. The van der Waals surface area contributed by atoms with E-state index in [9.17, 15) is 9.59 Å². The van der Waals surface area contributed by atoms with Gasteiger partial charge in [-0.1, -0.05) is 60.7 Å². The third-order valence-corrected chi connectivity index (χ3v) is 4.06. The van der Waals surface area contributed by atoms with E-state index in [-0.39, 0.29) is 0 Å². The average Bonchev–Trinajstić information content (AvgIpc) is 2.73. The van der Waals surface area contributed by atoms with Crippen molar-refractivity contribution in [2.45, 2.75) is 26.9 Å². The topological polar surface area (TPSA) is 89.4 Å². The summed E-state index contributed by atoms with van der Waals surface area (Å²) in [4.78, 5) is 24.8. The largest absolute Gasteiger partial charge is 0.344 e. The molecular formula is C20H22N6O2. The molecule has 0 spiro atoms. The molecule has 0 unspecified atom stereocenters. The fourth-order valence-corrected chi connectivity index (χ4v) is 2.60. The van der Waals surface area contributed by atoms with Crippen LogP contribution in [0.3, 0.4) is 0 Å². The minimum absolute atomic E-state index is 0.297. The molecule has 0 aromatic heterocycles. The lowest BCUT2D eigenvalue weighted by Gasteiger charge is -2.27. The highest BCUT2D eigenvalue weighted by Crippen LogP contribution is 2.09. The number of nitrogens with one attached hydrogen (secondary N) is 2. The Morgan fingerprint density at radius 1 is 0.714 bits per heavy atom. The molecule has 0 bridgehead atoms. The number of benzene rings is 2. The molecule has 8 heteroatoms. The number of amides is 4. The first kappa shape index (κ1) is 19.1. The van der Waals surface area contributed by atoms with Gasteiger partial charge in [0.1, 0.15) is 0 Å². The first-order chi connectivity index (χ1) is 13.5. The van der Waals surface area contributed by atoms with Gasteiger partial charge in [-0.2, -0.15) is 10.0 Å². The lowest BCUT2D eigenvalue weighted by Crippen LogP contribution is -2.48. The van der Waals surface area contributed by atoms with E-state index < -0.39 is 12.1 Å². The average molecular weight is 378 g/mol. The van der Waals surface area contributed by atoms with Crippen LogP contribution in [0.1, 0.15) is 25.0 Å². The van der Waals surface area contributed by atoms with Crippen molar-refractivity contribution >= 4 is 23.7 Å². The lowest BCUT2D eigenvalue weighted by molar-refractivity contribution is 0.209. The molecule has 1 aliphatic heterocycles. The van der Waals surface area contributed by atoms with Crippen molar-refractivity contribution in [2.75, 3.05) is 0 Å². The Labute approximate surface area is 163 Å². The molecule has 28 heavy (non-hydrogen) atoms. The van der Waals surface area contributed by atoms with Gasteiger partial charge < -0.3 is 10.6 Å². The minimum Gasteiger partial charge on any atom is -0.332 e. The molecule has 0 atom stereocenters. The van der Waals surface area contributed by atoms with Crippen molar-refractivity contribution in [3.8, 4) is 0 Å². The summed E-state index contributed by atoms with van der Waals surface area (Å²) in [6.45, 7) is 3.99. The van der Waals surface area contributed by atoms with Gasteiger partial charge in [0.25, 0.3) is 0 Å². The normalized spacial score (nSPS) is 13.5. The molecule has 144 valence electrons. The number of hydrazone groups is 2. The molecule has 0 saturated carbocycles. The van der Waals surface area contributed by atoms with Gasteiger partial charge in [-0.05, 0) is 25.0 Å². The van der Waals surface area contributed by atoms with Crippen molar-refractivity contribution in [3.05, 3.63) is 71.8 Å². The van der Waals surface area contributed by atoms with E-state index in [4.69, 9.17) is 0 Å². The van der Waals surface area contributed by atoms with Crippen molar-refractivity contribution in [2.24, 2.45) is 10.2 Å². The summed E-state index contributed by atoms with van der Waals surface area (Å²) >= 11 is 0. The van der Waals surface area contributed by atoms with Crippen LogP contribution in [0.5, 0.6) is 0 Å². The number of rotatable bonds is 4. The number of nitrogens with zero attached hydrogens (tertiary/aromatic N) is 4. The minimum atomic E-state index is -0.409. The number of carbonyl (C=O) groups is 2. The highest BCUT2D eigenvalue weighted by Gasteiger charge is 2.26. The molecule has 2 N–H and O–H groups in total. The van der Waals surface area contributed by atoms with Gasteiger partial charge in [-0.15, -0.1) is 10.2 Å². The molecule has 0 aliphatic carbocycles. The van der Waals surface area contributed by atoms with E-state index >= 15 is 0 Å². The van der Waals surface area contributed by atoms with E-state index in [1.54, 1.807) is 13.8 Å². The quantitative estimate of drug-likeness (QED) is 0.856. The summed E-state index contributed by atoms with van der Waals surface area (Å²) in [5.74, 6) is 0.594. The zero-order valence-corrected chi connectivity index (χ0v) is 15.8. The van der Waals surface area contributed by atoms with Gasteiger partial charge in [-0.3, -0.25) is 0 Å². The second kappa shape index (κ2) is 8.81. The van der Waals surface area contributed by atoms with Crippen LogP contribution in [0.25, 0.3) is 0 Å². The van der Waals surface area contributed by atoms with Gasteiger partial charge in [0, 0.05) is 13.1 Å². The molecule has 3 rings (SSSR count). The van der Waals surface area contributed by atoms with Crippen LogP contribution in [-0.2, 0) is 13.1 Å². The SMILES string of the molecule is CC1=NN(C(=O)NCc2ccccc2)C(C)=NN1C(=O)NCc1ccccc1. The third kappa shape index (κ3) is 4.73. The van der Waals surface area contributed by atoms with Gasteiger partial charge in [0.15, 0.2) is 11.7 Å². The third-order valence-electron chi connectivity index (χ3n) is 4.06. The Morgan fingerprint density at radius 2 is 1.07 bits per heavy atom. The van der Waals surface area contributed by atoms with E-state index in [1.165, 1.54) is 0 Å². The highest BCUT2D eigenvalue weighted by molar-refractivity contribution is 6.04. The van der Waals surface area contributed by atoms with Gasteiger partial charge in [0.2, 0.25) is 0 Å². The molecule has 2 aromatic rings. The fraction of sp³-hybridized carbons (Fsp3) is 0.200. The van der Waals surface area contributed by atoms with Crippen molar-refractivity contribution in [1.82, 2.24) is 20.7 Å². The number of amidine groups is 2. The van der Waals surface area contributed by atoms with E-state index in [0.29, 0.717) is 24.8 Å². The Morgan fingerprint density at radius 3 is 1.43 bits per heavy atom. The summed E-state index contributed by atoms with van der Waals surface area (Å²) in [6, 6.07) is 18.3. The van der Waals surface area contributed by atoms with Crippen LogP contribution in [0.2, 0.25) is 0 Å². The Kier molecular flexibility index (Phi) is 6.01. The standard InChI is InChI=1S/C20H22N6O2/c1-15-23-26(20(28)22-14-18-11-7-4-8-12-18)16(2)24-25(15)19(27)21-13-17-9-5-3-6-10-17/h3-12H,13-14H2,1-2H3,(H,21,27)(H,22,28). The Hall–Kier alpha value is -3.68. The van der Waals surface area contributed by atoms with E-state index in [1.807, 2.05) is 60.7 Å². The highest BCUT2D eigenvalue weighted by atomic mass is 16.2. The van der Waals surface area contributed by atoms with Crippen LogP contribution >= 0.6 is 0 Å². The van der Waals surface area contributed by atoms with Crippen LogP contribution in [-0.4, -0.2) is 33.8 Å². The van der Waals surface area contributed by atoms with E-state index in [2.05, 4.69) is 20.8 Å². The summed E-state index contributed by atoms with van der Waals surface area (Å²) in [5, 5.41) is 16.3. The zero-order chi connectivity index (χ0) is 19.9. The molecule has 0 radical (unpaired) electrons. The first-order valence-electron chi connectivity index (χ1n) is 8.89. The molecular weight excluding hydrogens is 356 g/mol. The maximum Gasteiger partial charge on any atom is 0.344 e. The van der Waals surface area contributed by atoms with Crippen LogP contribution in [0.4, 0.5) is 9.59 Å². The maximum absolute atomic E-state index is 12.4. The zero-order valence-electron chi connectivity index (χ0n) is 15.8.